The molecular formula is C18H30N2. The van der Waals surface area contributed by atoms with Crippen molar-refractivity contribution < 1.29 is 0 Å². The predicted octanol–water partition coefficient (Wildman–Crippen LogP) is 3.69. The van der Waals surface area contributed by atoms with Crippen molar-refractivity contribution in [2.24, 2.45) is 5.92 Å². The van der Waals surface area contributed by atoms with Gasteiger partial charge >= 0.3 is 0 Å². The largest absolute Gasteiger partial charge is 0.319 e. The third-order valence-electron chi connectivity index (χ3n) is 4.80. The zero-order valence-electron chi connectivity index (χ0n) is 13.6. The fourth-order valence-corrected chi connectivity index (χ4v) is 3.71. The highest BCUT2D eigenvalue weighted by atomic mass is 15.2. The van der Waals surface area contributed by atoms with E-state index in [0.717, 1.165) is 12.5 Å². The van der Waals surface area contributed by atoms with E-state index >= 15 is 0 Å². The summed E-state index contributed by atoms with van der Waals surface area (Å²) in [7, 11) is 2.08. The molecule has 0 spiro atoms. The Balaban J connectivity index is 2.35. The summed E-state index contributed by atoms with van der Waals surface area (Å²) in [5.41, 5.74) is 4.47. The average Bonchev–Trinajstić information content (AvgIpc) is 2.44. The minimum Gasteiger partial charge on any atom is -0.319 e. The molecule has 1 heterocycles. The molecule has 2 atom stereocenters. The van der Waals surface area contributed by atoms with E-state index in [1.54, 1.807) is 5.56 Å². The third kappa shape index (κ3) is 3.24. The van der Waals surface area contributed by atoms with Gasteiger partial charge in [0, 0.05) is 6.04 Å². The first-order chi connectivity index (χ1) is 9.69. The molecule has 0 radical (unpaired) electrons. The first-order valence-corrected chi connectivity index (χ1v) is 8.13. The first kappa shape index (κ1) is 15.5. The summed E-state index contributed by atoms with van der Waals surface area (Å²) in [6, 6.07) is 7.41. The van der Waals surface area contributed by atoms with E-state index in [4.69, 9.17) is 0 Å². The van der Waals surface area contributed by atoms with Crippen LogP contribution in [0.1, 0.15) is 48.9 Å². The van der Waals surface area contributed by atoms with Gasteiger partial charge in [0.25, 0.3) is 0 Å². The van der Waals surface area contributed by atoms with Gasteiger partial charge in [-0.2, -0.15) is 0 Å². The number of likely N-dealkylation sites (tertiary alicyclic amines) is 1. The van der Waals surface area contributed by atoms with Gasteiger partial charge in [0.1, 0.15) is 0 Å². The van der Waals surface area contributed by atoms with Crippen LogP contribution in [-0.2, 0) is 0 Å². The van der Waals surface area contributed by atoms with Crippen molar-refractivity contribution in [2.75, 3.05) is 26.7 Å². The van der Waals surface area contributed by atoms with Crippen LogP contribution in [0.5, 0.6) is 0 Å². The number of benzene rings is 1. The van der Waals surface area contributed by atoms with Crippen LogP contribution in [0.25, 0.3) is 0 Å². The van der Waals surface area contributed by atoms with Crippen LogP contribution in [-0.4, -0.2) is 31.6 Å². The van der Waals surface area contributed by atoms with Gasteiger partial charge in [0.15, 0.2) is 0 Å². The topological polar surface area (TPSA) is 15.3 Å². The van der Waals surface area contributed by atoms with Crippen molar-refractivity contribution >= 4 is 0 Å². The number of nitrogens with zero attached hydrogens (tertiary/aromatic N) is 1. The lowest BCUT2D eigenvalue weighted by atomic mass is 9.82. The van der Waals surface area contributed by atoms with E-state index in [-0.39, 0.29) is 0 Å². The fourth-order valence-electron chi connectivity index (χ4n) is 3.71. The second-order valence-electron chi connectivity index (χ2n) is 6.23. The standard InChI is InChI=1S/C18H30N2/c1-5-11-20-12-7-9-16(13-19-4)18(20)17-10-6-8-14(2)15(17)3/h6,8,10,16,18-19H,5,7,9,11-13H2,1-4H3. The molecule has 1 fully saturated rings. The molecule has 1 aromatic rings. The SMILES string of the molecule is CCCN1CCCC(CNC)C1c1cccc(C)c1C. The summed E-state index contributed by atoms with van der Waals surface area (Å²) in [6.07, 6.45) is 3.93. The number of piperidine rings is 1. The van der Waals surface area contributed by atoms with Crippen LogP contribution in [0.4, 0.5) is 0 Å². The van der Waals surface area contributed by atoms with Crippen molar-refractivity contribution in [1.82, 2.24) is 10.2 Å². The van der Waals surface area contributed by atoms with E-state index in [1.807, 2.05) is 0 Å². The molecule has 2 rings (SSSR count). The Morgan fingerprint density at radius 3 is 2.80 bits per heavy atom. The Labute approximate surface area is 124 Å². The Hall–Kier alpha value is -0.860. The summed E-state index contributed by atoms with van der Waals surface area (Å²) in [5.74, 6) is 0.737. The molecule has 1 aliphatic rings. The molecule has 0 bridgehead atoms. The summed E-state index contributed by atoms with van der Waals surface area (Å²) in [6.45, 7) is 10.4. The van der Waals surface area contributed by atoms with Crippen LogP contribution >= 0.6 is 0 Å². The van der Waals surface area contributed by atoms with Gasteiger partial charge in [-0.15, -0.1) is 0 Å². The molecular weight excluding hydrogens is 244 g/mol. The number of hydrogen-bond acceptors (Lipinski definition) is 2. The van der Waals surface area contributed by atoms with Crippen LogP contribution in [0.3, 0.4) is 0 Å². The van der Waals surface area contributed by atoms with Crippen molar-refractivity contribution in [3.8, 4) is 0 Å². The van der Waals surface area contributed by atoms with Crippen LogP contribution in [0, 0.1) is 19.8 Å². The Bertz CT molecular complexity index is 409. The molecule has 2 unspecified atom stereocenters. The molecule has 0 saturated carbocycles. The van der Waals surface area contributed by atoms with E-state index in [9.17, 15) is 0 Å². The maximum absolute atomic E-state index is 3.41. The van der Waals surface area contributed by atoms with Crippen LogP contribution in [0.2, 0.25) is 0 Å². The lowest BCUT2D eigenvalue weighted by Crippen LogP contribution is -2.42. The molecule has 1 aromatic carbocycles. The monoisotopic (exact) mass is 274 g/mol. The predicted molar refractivity (Wildman–Crippen MR) is 87.2 cm³/mol. The highest BCUT2D eigenvalue weighted by Gasteiger charge is 2.32. The molecule has 2 nitrogen and oxygen atoms in total. The van der Waals surface area contributed by atoms with Crippen LogP contribution < -0.4 is 5.32 Å². The van der Waals surface area contributed by atoms with Gasteiger partial charge in [0.2, 0.25) is 0 Å². The summed E-state index contributed by atoms with van der Waals surface area (Å²) < 4.78 is 0. The number of nitrogens with one attached hydrogen (secondary N) is 1. The first-order valence-electron chi connectivity index (χ1n) is 8.13. The van der Waals surface area contributed by atoms with Crippen molar-refractivity contribution in [3.05, 3.63) is 34.9 Å². The van der Waals surface area contributed by atoms with Gasteiger partial charge in [-0.25, -0.2) is 0 Å². The second kappa shape index (κ2) is 7.24. The Morgan fingerprint density at radius 2 is 2.10 bits per heavy atom. The minimum atomic E-state index is 0.594. The Morgan fingerprint density at radius 1 is 1.30 bits per heavy atom. The lowest BCUT2D eigenvalue weighted by Gasteiger charge is -2.42. The number of aryl methyl sites for hydroxylation is 1. The molecule has 0 aliphatic carbocycles. The van der Waals surface area contributed by atoms with Gasteiger partial charge < -0.3 is 5.32 Å². The van der Waals surface area contributed by atoms with E-state index in [1.165, 1.54) is 43.5 Å². The third-order valence-corrected chi connectivity index (χ3v) is 4.80. The van der Waals surface area contributed by atoms with Gasteiger partial charge in [-0.05, 0) is 82.4 Å². The van der Waals surface area contributed by atoms with Gasteiger partial charge in [-0.1, -0.05) is 25.1 Å². The molecule has 1 saturated heterocycles. The highest BCUT2D eigenvalue weighted by molar-refractivity contribution is 5.36. The normalized spacial score (nSPS) is 24.0. The quantitative estimate of drug-likeness (QED) is 0.881. The van der Waals surface area contributed by atoms with E-state index in [2.05, 4.69) is 56.2 Å². The maximum atomic E-state index is 3.41. The van der Waals surface area contributed by atoms with Crippen molar-refractivity contribution in [2.45, 2.75) is 46.1 Å². The van der Waals surface area contributed by atoms with E-state index in [0.29, 0.717) is 6.04 Å². The number of hydrogen-bond donors (Lipinski definition) is 1. The highest BCUT2D eigenvalue weighted by Crippen LogP contribution is 2.37. The van der Waals surface area contributed by atoms with Crippen LogP contribution in [0.15, 0.2) is 18.2 Å². The smallest absolute Gasteiger partial charge is 0.0391 e. The molecule has 0 aromatic heterocycles. The van der Waals surface area contributed by atoms with Crippen molar-refractivity contribution in [1.29, 1.82) is 0 Å². The molecule has 112 valence electrons. The van der Waals surface area contributed by atoms with Gasteiger partial charge in [0.05, 0.1) is 0 Å². The number of rotatable bonds is 5. The fraction of sp³-hybridized carbons (Fsp3) is 0.667. The summed E-state index contributed by atoms with van der Waals surface area (Å²) in [5, 5.41) is 3.41. The molecule has 1 N–H and O–H groups in total. The lowest BCUT2D eigenvalue weighted by molar-refractivity contribution is 0.0919. The zero-order valence-corrected chi connectivity index (χ0v) is 13.6. The average molecular weight is 274 g/mol. The maximum Gasteiger partial charge on any atom is 0.0391 e. The molecule has 0 amide bonds. The Kier molecular flexibility index (Phi) is 5.62. The molecule has 1 aliphatic heterocycles. The summed E-state index contributed by atoms with van der Waals surface area (Å²) >= 11 is 0. The molecule has 2 heteroatoms. The zero-order chi connectivity index (χ0) is 14.5. The summed E-state index contributed by atoms with van der Waals surface area (Å²) in [4.78, 5) is 2.72. The minimum absolute atomic E-state index is 0.594. The second-order valence-corrected chi connectivity index (χ2v) is 6.23. The molecule has 20 heavy (non-hydrogen) atoms. The van der Waals surface area contributed by atoms with E-state index < -0.39 is 0 Å². The van der Waals surface area contributed by atoms with Gasteiger partial charge in [-0.3, -0.25) is 4.90 Å². The van der Waals surface area contributed by atoms with Crippen molar-refractivity contribution in [3.63, 3.8) is 0 Å².